The third-order valence-electron chi connectivity index (χ3n) is 5.76. The first-order valence-corrected chi connectivity index (χ1v) is 11.2. The van der Waals surface area contributed by atoms with Crippen molar-refractivity contribution < 1.29 is 9.53 Å². The number of fused-ring (bicyclic) bond motifs is 2. The van der Waals surface area contributed by atoms with Gasteiger partial charge in [-0.05, 0) is 37.3 Å². The second-order valence-corrected chi connectivity index (χ2v) is 8.65. The van der Waals surface area contributed by atoms with E-state index >= 15 is 0 Å². The number of pyridine rings is 1. The molecule has 1 amide bonds. The lowest BCUT2D eigenvalue weighted by molar-refractivity contribution is 0.0673. The highest BCUT2D eigenvalue weighted by Gasteiger charge is 2.26. The van der Waals surface area contributed by atoms with Crippen molar-refractivity contribution >= 4 is 39.9 Å². The molecule has 7 nitrogen and oxygen atoms in total. The van der Waals surface area contributed by atoms with E-state index in [0.717, 1.165) is 16.5 Å². The molecule has 2 aromatic heterocycles. The average molecular weight is 483 g/mol. The molecule has 168 valence electrons. The van der Waals surface area contributed by atoms with Crippen LogP contribution in [0.4, 0.5) is 0 Å². The summed E-state index contributed by atoms with van der Waals surface area (Å²) in [6.45, 7) is 3.35. The molecule has 2 aromatic carbocycles. The van der Waals surface area contributed by atoms with Crippen molar-refractivity contribution in [3.8, 4) is 11.4 Å². The zero-order valence-corrected chi connectivity index (χ0v) is 19.3. The van der Waals surface area contributed by atoms with Gasteiger partial charge < -0.3 is 18.8 Å². The van der Waals surface area contributed by atoms with Gasteiger partial charge in [-0.3, -0.25) is 9.59 Å². The zero-order valence-electron chi connectivity index (χ0n) is 17.8. The quantitative estimate of drug-likeness (QED) is 0.424. The van der Waals surface area contributed by atoms with Crippen LogP contribution >= 0.6 is 23.2 Å². The van der Waals surface area contributed by atoms with Crippen LogP contribution in [0.25, 0.3) is 16.5 Å². The Bertz CT molecular complexity index is 1440. The minimum atomic E-state index is -0.212. The first kappa shape index (κ1) is 21.6. The molecule has 3 heterocycles. The van der Waals surface area contributed by atoms with Crippen LogP contribution in [0.5, 0.6) is 5.75 Å². The van der Waals surface area contributed by atoms with E-state index in [1.54, 1.807) is 46.3 Å². The van der Waals surface area contributed by atoms with E-state index in [-0.39, 0.29) is 18.1 Å². The normalized spacial score (nSPS) is 13.4. The van der Waals surface area contributed by atoms with Crippen molar-refractivity contribution in [3.05, 3.63) is 86.8 Å². The predicted octanol–water partition coefficient (Wildman–Crippen LogP) is 4.34. The maximum absolute atomic E-state index is 13.0. The van der Waals surface area contributed by atoms with Crippen LogP contribution in [-0.4, -0.2) is 44.6 Å². The molecular formula is C24H20Cl2N4O3. The molecule has 9 heteroatoms. The summed E-state index contributed by atoms with van der Waals surface area (Å²) in [5.41, 5.74) is 1.44. The van der Waals surface area contributed by atoms with Crippen molar-refractivity contribution in [2.75, 3.05) is 19.7 Å². The number of rotatable bonds is 5. The second-order valence-electron chi connectivity index (χ2n) is 7.83. The first-order chi connectivity index (χ1) is 15.9. The van der Waals surface area contributed by atoms with Gasteiger partial charge in [0.15, 0.2) is 0 Å². The van der Waals surface area contributed by atoms with Crippen LogP contribution in [0.15, 0.2) is 59.8 Å². The summed E-state index contributed by atoms with van der Waals surface area (Å²) in [7, 11) is 0. The summed E-state index contributed by atoms with van der Waals surface area (Å²) >= 11 is 12.7. The van der Waals surface area contributed by atoms with E-state index in [0.29, 0.717) is 46.8 Å². The lowest BCUT2D eigenvalue weighted by Gasteiger charge is -2.29. The Hall–Kier alpha value is -3.29. The van der Waals surface area contributed by atoms with Crippen LogP contribution in [0, 0.1) is 6.92 Å². The van der Waals surface area contributed by atoms with E-state index < -0.39 is 0 Å². The van der Waals surface area contributed by atoms with E-state index in [9.17, 15) is 9.59 Å². The Morgan fingerprint density at radius 3 is 2.64 bits per heavy atom. The number of carbonyl (C=O) groups excluding carboxylic acids is 1. The molecule has 1 aliphatic rings. The van der Waals surface area contributed by atoms with Crippen molar-refractivity contribution in [2.45, 2.75) is 13.5 Å². The predicted molar refractivity (Wildman–Crippen MR) is 128 cm³/mol. The maximum atomic E-state index is 13.0. The summed E-state index contributed by atoms with van der Waals surface area (Å²) in [6.07, 6.45) is 3.38. The standard InChI is InChI=1S/C24H20Cl2N4O3/c1-15-13-29(14-27-15)19-7-8-20-23(31)28(9-10-30(20)24(19)32)11-12-33-21-4-2-3-16-17(25)5-6-18(26)22(16)21/h2-8,13-14H,9-12H2,1H3. The molecule has 0 saturated heterocycles. The number of amides is 1. The van der Waals surface area contributed by atoms with E-state index in [4.69, 9.17) is 27.9 Å². The zero-order chi connectivity index (χ0) is 23.1. The fourth-order valence-corrected chi connectivity index (χ4v) is 4.58. The van der Waals surface area contributed by atoms with E-state index in [1.165, 1.54) is 4.57 Å². The van der Waals surface area contributed by atoms with Crippen LogP contribution in [0.2, 0.25) is 10.0 Å². The van der Waals surface area contributed by atoms with Crippen molar-refractivity contribution in [3.63, 3.8) is 0 Å². The topological polar surface area (TPSA) is 69.4 Å². The number of imidazole rings is 1. The lowest BCUT2D eigenvalue weighted by Crippen LogP contribution is -2.46. The fraction of sp³-hybridized carbons (Fsp3) is 0.208. The molecule has 0 saturated carbocycles. The fourth-order valence-electron chi connectivity index (χ4n) is 4.10. The van der Waals surface area contributed by atoms with Gasteiger partial charge in [0.2, 0.25) is 0 Å². The van der Waals surface area contributed by atoms with Gasteiger partial charge in [0.05, 0.1) is 23.6 Å². The molecule has 0 atom stereocenters. The molecule has 0 fully saturated rings. The Kier molecular flexibility index (Phi) is 5.60. The molecule has 33 heavy (non-hydrogen) atoms. The van der Waals surface area contributed by atoms with Crippen molar-refractivity contribution in [1.29, 1.82) is 0 Å². The Morgan fingerprint density at radius 1 is 1.03 bits per heavy atom. The maximum Gasteiger partial charge on any atom is 0.275 e. The number of ether oxygens (including phenoxy) is 1. The summed E-state index contributed by atoms with van der Waals surface area (Å²) in [4.78, 5) is 31.8. The lowest BCUT2D eigenvalue weighted by atomic mass is 10.1. The van der Waals surface area contributed by atoms with Gasteiger partial charge in [0.1, 0.15) is 23.7 Å². The molecule has 0 aliphatic carbocycles. The highest BCUT2D eigenvalue weighted by molar-refractivity contribution is 6.40. The van der Waals surface area contributed by atoms with E-state index in [2.05, 4.69) is 4.98 Å². The average Bonchev–Trinajstić information content (AvgIpc) is 3.24. The SMILES string of the molecule is Cc1cn(-c2ccc3n(c2=O)CCN(CCOc2cccc4c(Cl)ccc(Cl)c24)C3=O)cn1. The first-order valence-electron chi connectivity index (χ1n) is 10.5. The molecule has 0 unspecified atom stereocenters. The number of aryl methyl sites for hydroxylation is 1. The molecule has 1 aliphatic heterocycles. The third kappa shape index (κ3) is 3.87. The molecule has 0 N–H and O–H groups in total. The van der Waals surface area contributed by atoms with Gasteiger partial charge in [0, 0.05) is 35.1 Å². The Labute approximate surface area is 199 Å². The number of benzene rings is 2. The minimum Gasteiger partial charge on any atom is -0.491 e. The van der Waals surface area contributed by atoms with Gasteiger partial charge in [-0.25, -0.2) is 4.98 Å². The largest absolute Gasteiger partial charge is 0.491 e. The molecule has 0 bridgehead atoms. The number of nitrogens with zero attached hydrogens (tertiary/aromatic N) is 4. The summed E-state index contributed by atoms with van der Waals surface area (Å²) in [6, 6.07) is 12.4. The van der Waals surface area contributed by atoms with Gasteiger partial charge in [-0.2, -0.15) is 0 Å². The Morgan fingerprint density at radius 2 is 1.85 bits per heavy atom. The van der Waals surface area contributed by atoms with Crippen molar-refractivity contribution in [2.24, 2.45) is 0 Å². The van der Waals surface area contributed by atoms with Gasteiger partial charge in [-0.1, -0.05) is 35.3 Å². The summed E-state index contributed by atoms with van der Waals surface area (Å²) < 4.78 is 9.18. The van der Waals surface area contributed by atoms with E-state index in [1.807, 2.05) is 25.1 Å². The number of hydrogen-bond donors (Lipinski definition) is 0. The third-order valence-corrected chi connectivity index (χ3v) is 6.41. The van der Waals surface area contributed by atoms with Crippen LogP contribution in [0.3, 0.4) is 0 Å². The summed E-state index contributed by atoms with van der Waals surface area (Å²) in [5.74, 6) is 0.413. The van der Waals surface area contributed by atoms with Gasteiger partial charge >= 0.3 is 0 Å². The van der Waals surface area contributed by atoms with Crippen LogP contribution in [0.1, 0.15) is 16.2 Å². The smallest absolute Gasteiger partial charge is 0.275 e. The molecule has 0 radical (unpaired) electrons. The highest BCUT2D eigenvalue weighted by Crippen LogP contribution is 2.36. The van der Waals surface area contributed by atoms with Crippen LogP contribution < -0.4 is 10.3 Å². The molecule has 0 spiro atoms. The summed E-state index contributed by atoms with van der Waals surface area (Å²) in [5, 5.41) is 2.71. The molecule has 5 rings (SSSR count). The molecular weight excluding hydrogens is 463 g/mol. The molecule has 4 aromatic rings. The van der Waals surface area contributed by atoms with Crippen LogP contribution in [-0.2, 0) is 6.54 Å². The highest BCUT2D eigenvalue weighted by atomic mass is 35.5. The Balaban J connectivity index is 1.32. The monoisotopic (exact) mass is 482 g/mol. The second kappa shape index (κ2) is 8.57. The number of halogens is 2. The van der Waals surface area contributed by atoms with Gasteiger partial charge in [-0.15, -0.1) is 0 Å². The van der Waals surface area contributed by atoms with Gasteiger partial charge in [0.25, 0.3) is 11.5 Å². The number of hydrogen-bond acceptors (Lipinski definition) is 4. The van der Waals surface area contributed by atoms with Crippen molar-refractivity contribution in [1.82, 2.24) is 19.0 Å². The number of carbonyl (C=O) groups is 1. The number of aromatic nitrogens is 3. The minimum absolute atomic E-state index is 0.200.